The minimum absolute atomic E-state index is 0.283. The second kappa shape index (κ2) is 5.96. The average Bonchev–Trinajstić information content (AvgIpc) is 2.90. The number of aromatic nitrogens is 4. The summed E-state index contributed by atoms with van der Waals surface area (Å²) >= 11 is 11.9. The number of benzene rings is 1. The predicted molar refractivity (Wildman–Crippen MR) is 89.0 cm³/mol. The Kier molecular flexibility index (Phi) is 3.80. The van der Waals surface area contributed by atoms with Gasteiger partial charge in [0, 0.05) is 6.54 Å². The zero-order chi connectivity index (χ0) is 15.8. The van der Waals surface area contributed by atoms with Crippen LogP contribution in [0.2, 0.25) is 10.0 Å². The van der Waals surface area contributed by atoms with E-state index in [2.05, 4.69) is 20.4 Å². The summed E-state index contributed by atoms with van der Waals surface area (Å²) in [4.78, 5) is 8.84. The number of halogens is 2. The fourth-order valence-corrected chi connectivity index (χ4v) is 2.73. The molecule has 0 amide bonds. The molecule has 0 bridgehead atoms. The van der Waals surface area contributed by atoms with Gasteiger partial charge in [0.2, 0.25) is 5.95 Å². The van der Waals surface area contributed by atoms with Crippen LogP contribution in [0.1, 0.15) is 11.6 Å². The van der Waals surface area contributed by atoms with Crippen molar-refractivity contribution in [2.24, 2.45) is 0 Å². The van der Waals surface area contributed by atoms with Crippen LogP contribution in [0.3, 0.4) is 0 Å². The van der Waals surface area contributed by atoms with Gasteiger partial charge in [-0.1, -0.05) is 29.3 Å². The third-order valence-corrected chi connectivity index (χ3v) is 4.49. The van der Waals surface area contributed by atoms with Gasteiger partial charge in [-0.05, 0) is 17.7 Å². The maximum absolute atomic E-state index is 6.01. The molecule has 0 aliphatic carbocycles. The van der Waals surface area contributed by atoms with Crippen molar-refractivity contribution in [3.8, 4) is 0 Å². The Hall–Kier alpha value is -1.89. The smallest absolute Gasteiger partial charge is 0.223 e. The fourth-order valence-electron chi connectivity index (χ4n) is 2.41. The number of nitrogens with one attached hydrogen (secondary N) is 1. The molecule has 0 atom stereocenters. The number of nitrogens with zero attached hydrogens (tertiary/aromatic N) is 4. The van der Waals surface area contributed by atoms with Crippen LogP contribution >= 0.6 is 23.2 Å². The number of fused-ring (bicyclic) bond motifs is 1. The number of hydrogen-bond acceptors (Lipinski definition) is 5. The predicted octanol–water partition coefficient (Wildman–Crippen LogP) is 3.32. The number of rotatable bonds is 4. The van der Waals surface area contributed by atoms with Gasteiger partial charge >= 0.3 is 0 Å². The summed E-state index contributed by atoms with van der Waals surface area (Å²) in [5.41, 5.74) is 2.73. The molecule has 3 aromatic rings. The van der Waals surface area contributed by atoms with Gasteiger partial charge in [0.15, 0.2) is 0 Å². The summed E-state index contributed by atoms with van der Waals surface area (Å²) in [6, 6.07) is 5.79. The van der Waals surface area contributed by atoms with E-state index >= 15 is 0 Å². The Morgan fingerprint density at radius 2 is 2.09 bits per heavy atom. The molecule has 8 heteroatoms. The van der Waals surface area contributed by atoms with Crippen molar-refractivity contribution < 1.29 is 4.74 Å². The number of hydrogen-bond donors (Lipinski definition) is 1. The van der Waals surface area contributed by atoms with Crippen LogP contribution in [0, 0.1) is 0 Å². The molecular formula is C15H13Cl2N5O. The van der Waals surface area contributed by atoms with Crippen LogP contribution in [0.15, 0.2) is 30.6 Å². The highest BCUT2D eigenvalue weighted by molar-refractivity contribution is 6.42. The highest BCUT2D eigenvalue weighted by atomic mass is 35.5. The van der Waals surface area contributed by atoms with E-state index < -0.39 is 0 Å². The van der Waals surface area contributed by atoms with Crippen molar-refractivity contribution in [1.29, 1.82) is 0 Å². The van der Waals surface area contributed by atoms with Gasteiger partial charge < -0.3 is 10.1 Å². The van der Waals surface area contributed by atoms with Gasteiger partial charge in [-0.2, -0.15) is 5.10 Å². The molecule has 0 radical (unpaired) electrons. The Morgan fingerprint density at radius 1 is 1.22 bits per heavy atom. The second-order valence-corrected chi connectivity index (χ2v) is 6.16. The van der Waals surface area contributed by atoms with E-state index in [9.17, 15) is 0 Å². The molecule has 0 unspecified atom stereocenters. The minimum Gasteiger partial charge on any atom is -0.377 e. The molecule has 1 aromatic carbocycles. The first-order valence-corrected chi connectivity index (χ1v) is 7.92. The van der Waals surface area contributed by atoms with Crippen molar-refractivity contribution in [2.75, 3.05) is 18.5 Å². The molecule has 1 aliphatic rings. The van der Waals surface area contributed by atoms with Crippen molar-refractivity contribution >= 4 is 40.2 Å². The zero-order valence-corrected chi connectivity index (χ0v) is 13.6. The summed E-state index contributed by atoms with van der Waals surface area (Å²) in [5.74, 6) is 0.549. The molecule has 0 spiro atoms. The van der Waals surface area contributed by atoms with Crippen LogP contribution in [0.5, 0.6) is 0 Å². The van der Waals surface area contributed by atoms with Crippen LogP contribution in [0.25, 0.3) is 11.0 Å². The summed E-state index contributed by atoms with van der Waals surface area (Å²) in [6.45, 7) is 1.94. The van der Waals surface area contributed by atoms with E-state index in [4.69, 9.17) is 27.9 Å². The summed E-state index contributed by atoms with van der Waals surface area (Å²) in [5, 5.41) is 8.63. The highest BCUT2D eigenvalue weighted by Crippen LogP contribution is 2.24. The molecule has 23 heavy (non-hydrogen) atoms. The van der Waals surface area contributed by atoms with Crippen molar-refractivity contribution in [1.82, 2.24) is 19.7 Å². The highest BCUT2D eigenvalue weighted by Gasteiger charge is 2.23. The van der Waals surface area contributed by atoms with Crippen LogP contribution in [-0.2, 0) is 11.3 Å². The van der Waals surface area contributed by atoms with Gasteiger partial charge in [0.05, 0.1) is 41.7 Å². The van der Waals surface area contributed by atoms with Crippen LogP contribution in [0.4, 0.5) is 5.95 Å². The largest absolute Gasteiger partial charge is 0.377 e. The average molecular weight is 350 g/mol. The summed E-state index contributed by atoms with van der Waals surface area (Å²) in [6.07, 6.45) is 3.53. The molecule has 0 saturated carbocycles. The molecule has 4 rings (SSSR count). The fraction of sp³-hybridized carbons (Fsp3) is 0.267. The molecule has 118 valence electrons. The maximum Gasteiger partial charge on any atom is 0.223 e. The quantitative estimate of drug-likeness (QED) is 0.782. The maximum atomic E-state index is 6.01. The molecule has 1 aliphatic heterocycles. The monoisotopic (exact) mass is 349 g/mol. The van der Waals surface area contributed by atoms with E-state index in [-0.39, 0.29) is 6.04 Å². The van der Waals surface area contributed by atoms with Gasteiger partial charge in [0.1, 0.15) is 11.0 Å². The third-order valence-electron chi connectivity index (χ3n) is 3.75. The lowest BCUT2D eigenvalue weighted by Crippen LogP contribution is -2.31. The molecule has 1 N–H and O–H groups in total. The van der Waals surface area contributed by atoms with Crippen LogP contribution < -0.4 is 5.32 Å². The minimum atomic E-state index is 0.283. The first-order valence-electron chi connectivity index (χ1n) is 7.16. The third kappa shape index (κ3) is 2.85. The lowest BCUT2D eigenvalue weighted by Gasteiger charge is -2.26. The van der Waals surface area contributed by atoms with Gasteiger partial charge in [0.25, 0.3) is 0 Å². The van der Waals surface area contributed by atoms with Gasteiger partial charge in [-0.25, -0.2) is 9.97 Å². The van der Waals surface area contributed by atoms with Gasteiger partial charge in [-0.15, -0.1) is 0 Å². The zero-order valence-electron chi connectivity index (χ0n) is 12.0. The Bertz CT molecular complexity index is 862. The SMILES string of the molecule is Clc1ccc(CNc2ncc3c(cnn3C3COC3)n2)cc1Cl. The number of anilines is 1. The normalized spacial score (nSPS) is 14.9. The standard InChI is InChI=1S/C15H13Cl2N5O/c16-11-2-1-9(3-12(11)17)4-18-15-19-6-14-13(21-15)5-20-22(14)10-7-23-8-10/h1-3,5-6,10H,4,7-8H2,(H,18,19,21). The Balaban J connectivity index is 1.51. The van der Waals surface area contributed by atoms with E-state index in [0.717, 1.165) is 16.6 Å². The van der Waals surface area contributed by atoms with Crippen molar-refractivity contribution in [3.05, 3.63) is 46.2 Å². The number of ether oxygens (including phenoxy) is 1. The van der Waals surface area contributed by atoms with E-state index in [1.54, 1.807) is 18.5 Å². The first-order chi connectivity index (χ1) is 11.2. The molecule has 6 nitrogen and oxygen atoms in total. The van der Waals surface area contributed by atoms with Crippen molar-refractivity contribution in [2.45, 2.75) is 12.6 Å². The lowest BCUT2D eigenvalue weighted by atomic mass is 10.2. The van der Waals surface area contributed by atoms with E-state index in [0.29, 0.717) is 35.8 Å². The topological polar surface area (TPSA) is 64.9 Å². The molecule has 1 fully saturated rings. The second-order valence-electron chi connectivity index (χ2n) is 5.35. The van der Waals surface area contributed by atoms with E-state index in [1.807, 2.05) is 16.8 Å². The van der Waals surface area contributed by atoms with Crippen LogP contribution in [-0.4, -0.2) is 33.0 Å². The molecular weight excluding hydrogens is 337 g/mol. The molecule has 3 heterocycles. The molecule has 1 saturated heterocycles. The Morgan fingerprint density at radius 3 is 2.83 bits per heavy atom. The lowest BCUT2D eigenvalue weighted by molar-refractivity contribution is -0.0266. The summed E-state index contributed by atoms with van der Waals surface area (Å²) in [7, 11) is 0. The van der Waals surface area contributed by atoms with E-state index in [1.165, 1.54) is 0 Å². The first kappa shape index (κ1) is 14.7. The molecule has 2 aromatic heterocycles. The summed E-state index contributed by atoms with van der Waals surface area (Å²) < 4.78 is 7.12. The van der Waals surface area contributed by atoms with Gasteiger partial charge in [-0.3, -0.25) is 4.68 Å². The van der Waals surface area contributed by atoms with Crippen molar-refractivity contribution in [3.63, 3.8) is 0 Å². The Labute approximate surface area is 142 Å².